The lowest BCUT2D eigenvalue weighted by atomic mass is 9.86. The van der Waals surface area contributed by atoms with Crippen LogP contribution in [0.15, 0.2) is 60.7 Å². The Kier molecular flexibility index (Phi) is 2.92. The van der Waals surface area contributed by atoms with Crippen molar-refractivity contribution < 1.29 is 4.74 Å². The van der Waals surface area contributed by atoms with Crippen LogP contribution in [-0.4, -0.2) is 6.61 Å². The number of benzene rings is 2. The SMILES string of the molecule is C[C@@]1(c2ccccc2)C[C@H](c2ccccc2)CO1. The molecule has 1 fully saturated rings. The molecule has 1 heterocycles. The summed E-state index contributed by atoms with van der Waals surface area (Å²) in [7, 11) is 0. The molecule has 0 amide bonds. The lowest BCUT2D eigenvalue weighted by Crippen LogP contribution is -2.19. The number of ether oxygens (including phenoxy) is 1. The Balaban J connectivity index is 1.83. The van der Waals surface area contributed by atoms with Crippen LogP contribution in [0.25, 0.3) is 0 Å². The van der Waals surface area contributed by atoms with Crippen molar-refractivity contribution in [2.45, 2.75) is 24.9 Å². The molecule has 0 saturated carbocycles. The minimum Gasteiger partial charge on any atom is -0.370 e. The van der Waals surface area contributed by atoms with Crippen LogP contribution >= 0.6 is 0 Å². The van der Waals surface area contributed by atoms with Crippen molar-refractivity contribution in [1.29, 1.82) is 0 Å². The average Bonchev–Trinajstić information content (AvgIpc) is 2.85. The molecule has 1 heteroatoms. The van der Waals surface area contributed by atoms with Crippen molar-refractivity contribution >= 4 is 0 Å². The van der Waals surface area contributed by atoms with E-state index in [1.807, 2.05) is 0 Å². The highest BCUT2D eigenvalue weighted by Gasteiger charge is 2.38. The summed E-state index contributed by atoms with van der Waals surface area (Å²) in [6.07, 6.45) is 1.06. The summed E-state index contributed by atoms with van der Waals surface area (Å²) in [4.78, 5) is 0. The van der Waals surface area contributed by atoms with Crippen LogP contribution in [0.2, 0.25) is 0 Å². The summed E-state index contributed by atoms with van der Waals surface area (Å²) in [6.45, 7) is 3.01. The zero-order valence-electron chi connectivity index (χ0n) is 10.7. The van der Waals surface area contributed by atoms with Gasteiger partial charge in [0.05, 0.1) is 12.2 Å². The first-order chi connectivity index (χ1) is 8.78. The largest absolute Gasteiger partial charge is 0.370 e. The molecule has 3 rings (SSSR count). The van der Waals surface area contributed by atoms with Crippen molar-refractivity contribution in [3.63, 3.8) is 0 Å². The van der Waals surface area contributed by atoms with Crippen LogP contribution in [0.5, 0.6) is 0 Å². The fraction of sp³-hybridized carbons (Fsp3) is 0.294. The van der Waals surface area contributed by atoms with Gasteiger partial charge >= 0.3 is 0 Å². The maximum absolute atomic E-state index is 6.09. The third-order valence-corrected chi connectivity index (χ3v) is 3.89. The predicted octanol–water partition coefficient (Wildman–Crippen LogP) is 4.11. The summed E-state index contributed by atoms with van der Waals surface area (Å²) < 4.78 is 6.09. The lowest BCUT2D eigenvalue weighted by molar-refractivity contribution is 0.0164. The van der Waals surface area contributed by atoms with Crippen LogP contribution in [0.1, 0.15) is 30.4 Å². The Bertz CT molecular complexity index is 506. The third-order valence-electron chi connectivity index (χ3n) is 3.89. The summed E-state index contributed by atoms with van der Waals surface area (Å²) in [5, 5.41) is 0. The van der Waals surface area contributed by atoms with Gasteiger partial charge in [-0.3, -0.25) is 0 Å². The molecule has 18 heavy (non-hydrogen) atoms. The highest BCUT2D eigenvalue weighted by molar-refractivity contribution is 5.27. The lowest BCUT2D eigenvalue weighted by Gasteiger charge is -2.23. The zero-order chi connectivity index (χ0) is 12.4. The second-order valence-electron chi connectivity index (χ2n) is 5.22. The van der Waals surface area contributed by atoms with Gasteiger partial charge in [0, 0.05) is 5.92 Å². The van der Waals surface area contributed by atoms with Crippen LogP contribution in [0.3, 0.4) is 0 Å². The third kappa shape index (κ3) is 2.06. The Morgan fingerprint density at radius 3 is 2.22 bits per heavy atom. The van der Waals surface area contributed by atoms with E-state index in [0.717, 1.165) is 13.0 Å². The normalized spacial score (nSPS) is 27.3. The maximum Gasteiger partial charge on any atom is 0.0910 e. The molecule has 1 saturated heterocycles. The van der Waals surface area contributed by atoms with Crippen molar-refractivity contribution in [3.05, 3.63) is 71.8 Å². The Hall–Kier alpha value is -1.60. The van der Waals surface area contributed by atoms with Crippen LogP contribution in [0.4, 0.5) is 0 Å². The van der Waals surface area contributed by atoms with E-state index >= 15 is 0 Å². The quantitative estimate of drug-likeness (QED) is 0.765. The van der Waals surface area contributed by atoms with Gasteiger partial charge in [-0.1, -0.05) is 60.7 Å². The Morgan fingerprint density at radius 2 is 1.56 bits per heavy atom. The molecule has 0 aromatic heterocycles. The minimum atomic E-state index is -0.137. The van der Waals surface area contributed by atoms with Crippen LogP contribution in [-0.2, 0) is 10.3 Å². The van der Waals surface area contributed by atoms with E-state index in [2.05, 4.69) is 67.6 Å². The smallest absolute Gasteiger partial charge is 0.0910 e. The standard InChI is InChI=1S/C17H18O/c1-17(16-10-6-3-7-11-16)12-15(13-18-17)14-8-4-2-5-9-14/h2-11,15H,12-13H2,1H3/t15-,17-/m0/s1. The van der Waals surface area contributed by atoms with Gasteiger partial charge in [0.2, 0.25) is 0 Å². The number of hydrogen-bond acceptors (Lipinski definition) is 1. The van der Waals surface area contributed by atoms with Crippen molar-refractivity contribution in [1.82, 2.24) is 0 Å². The topological polar surface area (TPSA) is 9.23 Å². The molecule has 2 aromatic carbocycles. The van der Waals surface area contributed by atoms with Gasteiger partial charge in [-0.2, -0.15) is 0 Å². The van der Waals surface area contributed by atoms with E-state index in [9.17, 15) is 0 Å². The van der Waals surface area contributed by atoms with Crippen molar-refractivity contribution in [2.75, 3.05) is 6.61 Å². The van der Waals surface area contributed by atoms with E-state index in [4.69, 9.17) is 4.74 Å². The van der Waals surface area contributed by atoms with Gasteiger partial charge in [-0.15, -0.1) is 0 Å². The molecule has 0 radical (unpaired) electrons. The number of hydrogen-bond donors (Lipinski definition) is 0. The van der Waals surface area contributed by atoms with E-state index < -0.39 is 0 Å². The fourth-order valence-electron chi connectivity index (χ4n) is 2.80. The van der Waals surface area contributed by atoms with Crippen LogP contribution < -0.4 is 0 Å². The summed E-state index contributed by atoms with van der Waals surface area (Å²) >= 11 is 0. The van der Waals surface area contributed by atoms with Crippen LogP contribution in [0, 0.1) is 0 Å². The first-order valence-corrected chi connectivity index (χ1v) is 6.52. The second-order valence-corrected chi connectivity index (χ2v) is 5.22. The van der Waals surface area contributed by atoms with Gasteiger partial charge in [0.15, 0.2) is 0 Å². The Morgan fingerprint density at radius 1 is 0.944 bits per heavy atom. The first kappa shape index (κ1) is 11.5. The summed E-state index contributed by atoms with van der Waals surface area (Å²) in [5.41, 5.74) is 2.53. The van der Waals surface area contributed by atoms with E-state index in [1.165, 1.54) is 11.1 Å². The predicted molar refractivity (Wildman–Crippen MR) is 73.5 cm³/mol. The summed E-state index contributed by atoms with van der Waals surface area (Å²) in [6, 6.07) is 21.2. The molecule has 1 aliphatic heterocycles. The van der Waals surface area contributed by atoms with Crippen molar-refractivity contribution in [3.8, 4) is 0 Å². The molecule has 1 aliphatic rings. The van der Waals surface area contributed by atoms with Gasteiger partial charge in [0.25, 0.3) is 0 Å². The molecule has 0 spiro atoms. The fourth-order valence-corrected chi connectivity index (χ4v) is 2.80. The van der Waals surface area contributed by atoms with Gasteiger partial charge in [0.1, 0.15) is 0 Å². The number of rotatable bonds is 2. The molecular formula is C17H18O. The Labute approximate surface area is 108 Å². The van der Waals surface area contributed by atoms with Crippen molar-refractivity contribution in [2.24, 2.45) is 0 Å². The molecule has 0 N–H and O–H groups in total. The second kappa shape index (κ2) is 4.58. The molecule has 0 unspecified atom stereocenters. The zero-order valence-corrected chi connectivity index (χ0v) is 10.7. The molecule has 2 aromatic rings. The highest BCUT2D eigenvalue weighted by atomic mass is 16.5. The van der Waals surface area contributed by atoms with Gasteiger partial charge in [-0.05, 0) is 24.5 Å². The van der Waals surface area contributed by atoms with Gasteiger partial charge < -0.3 is 4.74 Å². The highest BCUT2D eigenvalue weighted by Crippen LogP contribution is 2.42. The maximum atomic E-state index is 6.09. The molecular weight excluding hydrogens is 220 g/mol. The monoisotopic (exact) mass is 238 g/mol. The minimum absolute atomic E-state index is 0.137. The van der Waals surface area contributed by atoms with E-state index in [-0.39, 0.29) is 5.60 Å². The molecule has 1 nitrogen and oxygen atoms in total. The van der Waals surface area contributed by atoms with E-state index in [1.54, 1.807) is 0 Å². The first-order valence-electron chi connectivity index (χ1n) is 6.52. The molecule has 2 atom stereocenters. The molecule has 0 bridgehead atoms. The van der Waals surface area contributed by atoms with Gasteiger partial charge in [-0.25, -0.2) is 0 Å². The average molecular weight is 238 g/mol. The summed E-state index contributed by atoms with van der Waals surface area (Å²) in [5.74, 6) is 0.511. The molecule has 92 valence electrons. The van der Waals surface area contributed by atoms with E-state index in [0.29, 0.717) is 5.92 Å². The molecule has 0 aliphatic carbocycles.